The molecule has 0 saturated heterocycles. The first-order valence-corrected chi connectivity index (χ1v) is 10.8. The highest BCUT2D eigenvalue weighted by molar-refractivity contribution is 5.94. The van der Waals surface area contributed by atoms with E-state index in [0.717, 1.165) is 34.4 Å². The van der Waals surface area contributed by atoms with Crippen molar-refractivity contribution in [2.24, 2.45) is 5.92 Å². The third-order valence-corrected chi connectivity index (χ3v) is 5.81. The van der Waals surface area contributed by atoms with Crippen molar-refractivity contribution in [1.29, 1.82) is 0 Å². The first-order chi connectivity index (χ1) is 16.3. The molecule has 0 bridgehead atoms. The van der Waals surface area contributed by atoms with Crippen LogP contribution in [-0.4, -0.2) is 36.2 Å². The molecular formula is C26H23FN2O5. The summed E-state index contributed by atoms with van der Waals surface area (Å²) >= 11 is 0. The van der Waals surface area contributed by atoms with Gasteiger partial charge in [0.1, 0.15) is 12.4 Å². The Morgan fingerprint density at radius 2 is 1.62 bits per heavy atom. The molecule has 0 aromatic heterocycles. The fourth-order valence-electron chi connectivity index (χ4n) is 4.01. The van der Waals surface area contributed by atoms with E-state index in [0.29, 0.717) is 0 Å². The van der Waals surface area contributed by atoms with Crippen molar-refractivity contribution in [1.82, 2.24) is 5.32 Å². The molecule has 1 unspecified atom stereocenters. The van der Waals surface area contributed by atoms with Gasteiger partial charge in [-0.2, -0.15) is 0 Å². The highest BCUT2D eigenvalue weighted by Gasteiger charge is 2.29. The number of carboxylic acids is 1. The molecule has 174 valence electrons. The van der Waals surface area contributed by atoms with Crippen molar-refractivity contribution in [3.63, 3.8) is 0 Å². The molecule has 0 fully saturated rings. The molecule has 0 radical (unpaired) electrons. The maximum absolute atomic E-state index is 13.8. The van der Waals surface area contributed by atoms with E-state index < -0.39 is 35.3 Å². The van der Waals surface area contributed by atoms with Crippen LogP contribution in [0.4, 0.5) is 14.9 Å². The SMILES string of the molecule is CC(CNC(=O)OCC1c2ccccc2-c2ccccc21)C(=O)Nc1ccc(C(=O)O)c(F)c1. The van der Waals surface area contributed by atoms with Gasteiger partial charge in [-0.05, 0) is 40.5 Å². The number of aromatic carboxylic acids is 1. The van der Waals surface area contributed by atoms with Crippen molar-refractivity contribution in [2.75, 3.05) is 18.5 Å². The van der Waals surface area contributed by atoms with E-state index in [1.54, 1.807) is 6.92 Å². The number of benzene rings is 3. The number of anilines is 1. The Labute approximate surface area is 195 Å². The Balaban J connectivity index is 1.29. The number of carbonyl (C=O) groups is 3. The van der Waals surface area contributed by atoms with Gasteiger partial charge in [-0.3, -0.25) is 4.79 Å². The van der Waals surface area contributed by atoms with Crippen molar-refractivity contribution >= 4 is 23.7 Å². The van der Waals surface area contributed by atoms with Gasteiger partial charge in [0.2, 0.25) is 5.91 Å². The summed E-state index contributed by atoms with van der Waals surface area (Å²) in [6.07, 6.45) is -0.640. The zero-order valence-corrected chi connectivity index (χ0v) is 18.4. The molecule has 2 amide bonds. The normalized spacial score (nSPS) is 12.9. The van der Waals surface area contributed by atoms with Crippen LogP contribution in [0.15, 0.2) is 66.7 Å². The van der Waals surface area contributed by atoms with Crippen LogP contribution in [0.2, 0.25) is 0 Å². The summed E-state index contributed by atoms with van der Waals surface area (Å²) in [6.45, 7) is 1.77. The molecule has 4 rings (SSSR count). The van der Waals surface area contributed by atoms with Crippen molar-refractivity contribution in [3.8, 4) is 11.1 Å². The second-order valence-corrected chi connectivity index (χ2v) is 8.10. The first-order valence-electron chi connectivity index (χ1n) is 10.8. The number of nitrogens with one attached hydrogen (secondary N) is 2. The highest BCUT2D eigenvalue weighted by atomic mass is 19.1. The zero-order chi connectivity index (χ0) is 24.2. The summed E-state index contributed by atoms with van der Waals surface area (Å²) in [4.78, 5) is 35.5. The number of halogens is 1. The maximum atomic E-state index is 13.8. The smallest absolute Gasteiger partial charge is 0.407 e. The lowest BCUT2D eigenvalue weighted by molar-refractivity contribution is -0.119. The molecule has 8 heteroatoms. The maximum Gasteiger partial charge on any atom is 0.407 e. The van der Waals surface area contributed by atoms with Gasteiger partial charge in [-0.15, -0.1) is 0 Å². The minimum atomic E-state index is -1.39. The second-order valence-electron chi connectivity index (χ2n) is 8.10. The van der Waals surface area contributed by atoms with Crippen LogP contribution in [0.3, 0.4) is 0 Å². The fraction of sp³-hybridized carbons (Fsp3) is 0.192. The molecule has 0 saturated carbocycles. The highest BCUT2D eigenvalue weighted by Crippen LogP contribution is 2.44. The summed E-state index contributed by atoms with van der Waals surface area (Å²) in [6, 6.07) is 19.3. The Hall–Kier alpha value is -4.20. The van der Waals surface area contributed by atoms with E-state index in [9.17, 15) is 18.8 Å². The van der Waals surface area contributed by atoms with Gasteiger partial charge in [-0.25, -0.2) is 14.0 Å². The summed E-state index contributed by atoms with van der Waals surface area (Å²) in [5.74, 6) is -3.50. The number of rotatable bonds is 7. The molecule has 3 aromatic carbocycles. The topological polar surface area (TPSA) is 105 Å². The minimum absolute atomic E-state index is 0.0121. The van der Waals surface area contributed by atoms with Crippen molar-refractivity contribution < 1.29 is 28.6 Å². The van der Waals surface area contributed by atoms with Gasteiger partial charge in [0, 0.05) is 18.2 Å². The minimum Gasteiger partial charge on any atom is -0.478 e. The van der Waals surface area contributed by atoms with Gasteiger partial charge >= 0.3 is 12.1 Å². The average molecular weight is 462 g/mol. The number of fused-ring (bicyclic) bond motifs is 3. The molecule has 1 aliphatic carbocycles. The van der Waals surface area contributed by atoms with E-state index in [-0.39, 0.29) is 24.8 Å². The Kier molecular flexibility index (Phi) is 6.58. The van der Waals surface area contributed by atoms with E-state index in [1.807, 2.05) is 36.4 Å². The molecule has 3 N–H and O–H groups in total. The molecule has 1 aliphatic rings. The number of amides is 2. The van der Waals surface area contributed by atoms with Crippen LogP contribution in [-0.2, 0) is 9.53 Å². The molecule has 3 aromatic rings. The lowest BCUT2D eigenvalue weighted by Crippen LogP contribution is -2.35. The molecule has 7 nitrogen and oxygen atoms in total. The fourth-order valence-corrected chi connectivity index (χ4v) is 4.01. The first kappa shape index (κ1) is 23.0. The Morgan fingerprint density at radius 3 is 2.21 bits per heavy atom. The summed E-state index contributed by atoms with van der Waals surface area (Å²) < 4.78 is 19.3. The number of ether oxygens (including phenoxy) is 1. The van der Waals surface area contributed by atoms with Gasteiger partial charge in [0.25, 0.3) is 0 Å². The summed E-state index contributed by atoms with van der Waals surface area (Å²) in [5.41, 5.74) is 4.11. The van der Waals surface area contributed by atoms with Crippen LogP contribution < -0.4 is 10.6 Å². The van der Waals surface area contributed by atoms with Gasteiger partial charge < -0.3 is 20.5 Å². The average Bonchev–Trinajstić information content (AvgIpc) is 3.14. The van der Waals surface area contributed by atoms with Crippen LogP contribution in [0, 0.1) is 11.7 Å². The largest absolute Gasteiger partial charge is 0.478 e. The Bertz CT molecular complexity index is 1210. The number of carbonyl (C=O) groups excluding carboxylic acids is 2. The van der Waals surface area contributed by atoms with E-state index >= 15 is 0 Å². The Morgan fingerprint density at radius 1 is 1.00 bits per heavy atom. The number of hydrogen-bond acceptors (Lipinski definition) is 4. The van der Waals surface area contributed by atoms with Gasteiger partial charge in [0.15, 0.2) is 0 Å². The monoisotopic (exact) mass is 462 g/mol. The summed E-state index contributed by atoms with van der Waals surface area (Å²) in [7, 11) is 0. The summed E-state index contributed by atoms with van der Waals surface area (Å²) in [5, 5.41) is 14.0. The molecule has 0 heterocycles. The lowest BCUT2D eigenvalue weighted by atomic mass is 9.98. The predicted octanol–water partition coefficient (Wildman–Crippen LogP) is 4.64. The van der Waals surface area contributed by atoms with E-state index in [1.165, 1.54) is 6.07 Å². The van der Waals surface area contributed by atoms with Crippen LogP contribution in [0.25, 0.3) is 11.1 Å². The van der Waals surface area contributed by atoms with E-state index in [4.69, 9.17) is 9.84 Å². The lowest BCUT2D eigenvalue weighted by Gasteiger charge is -2.16. The van der Waals surface area contributed by atoms with Crippen molar-refractivity contribution in [3.05, 3.63) is 89.2 Å². The molecule has 0 aliphatic heterocycles. The van der Waals surface area contributed by atoms with Gasteiger partial charge in [0.05, 0.1) is 11.5 Å². The van der Waals surface area contributed by atoms with Gasteiger partial charge in [-0.1, -0.05) is 55.5 Å². The van der Waals surface area contributed by atoms with Crippen LogP contribution in [0.5, 0.6) is 0 Å². The second kappa shape index (κ2) is 9.74. The zero-order valence-electron chi connectivity index (χ0n) is 18.4. The molecule has 34 heavy (non-hydrogen) atoms. The standard InChI is InChI=1S/C26H23FN2O5/c1-15(24(30)29-16-10-11-21(25(31)32)23(27)12-16)13-28-26(33)34-14-22-19-8-4-2-6-17(19)18-7-3-5-9-20(18)22/h2-12,15,22H,13-14H2,1H3,(H,28,33)(H,29,30)(H,31,32). The number of alkyl carbamates (subject to hydrolysis) is 1. The molecule has 0 spiro atoms. The van der Waals surface area contributed by atoms with E-state index in [2.05, 4.69) is 22.8 Å². The number of hydrogen-bond donors (Lipinski definition) is 3. The quantitative estimate of drug-likeness (QED) is 0.475. The van der Waals surface area contributed by atoms with Crippen molar-refractivity contribution in [2.45, 2.75) is 12.8 Å². The van der Waals surface area contributed by atoms with Crippen LogP contribution in [0.1, 0.15) is 34.3 Å². The van der Waals surface area contributed by atoms with Crippen LogP contribution >= 0.6 is 0 Å². The third-order valence-electron chi connectivity index (χ3n) is 5.81. The predicted molar refractivity (Wildman–Crippen MR) is 124 cm³/mol. The molecule has 1 atom stereocenters. The number of carboxylic acid groups (broad SMARTS) is 1. The third kappa shape index (κ3) is 4.76. The molecular weight excluding hydrogens is 439 g/mol.